The zero-order chi connectivity index (χ0) is 13.1. The number of nitrogens with zero attached hydrogens (tertiary/aromatic N) is 1. The molecular formula is C14H17N3O2. The summed E-state index contributed by atoms with van der Waals surface area (Å²) in [5.74, 6) is 0.787. The van der Waals surface area contributed by atoms with Crippen molar-refractivity contribution in [2.75, 3.05) is 6.54 Å². The third-order valence-corrected chi connectivity index (χ3v) is 3.51. The van der Waals surface area contributed by atoms with Crippen LogP contribution in [0.25, 0.3) is 0 Å². The molecule has 0 spiro atoms. The maximum Gasteiger partial charge on any atom is 0.272 e. The molecule has 0 saturated heterocycles. The SMILES string of the molecule is O=C(NCCc1ccco1)c1n[nH]c2c1CCCC2. The lowest BCUT2D eigenvalue weighted by molar-refractivity contribution is 0.0947. The average molecular weight is 259 g/mol. The van der Waals surface area contributed by atoms with Crippen LogP contribution in [0.1, 0.15) is 40.3 Å². The summed E-state index contributed by atoms with van der Waals surface area (Å²) in [5, 5.41) is 10.0. The minimum Gasteiger partial charge on any atom is -0.469 e. The van der Waals surface area contributed by atoms with Crippen molar-refractivity contribution in [2.45, 2.75) is 32.1 Å². The molecule has 1 amide bonds. The van der Waals surface area contributed by atoms with Crippen LogP contribution in [0.3, 0.4) is 0 Å². The van der Waals surface area contributed by atoms with Crippen LogP contribution >= 0.6 is 0 Å². The predicted molar refractivity (Wildman–Crippen MR) is 70.0 cm³/mol. The minimum absolute atomic E-state index is 0.0917. The monoisotopic (exact) mass is 259 g/mol. The van der Waals surface area contributed by atoms with Gasteiger partial charge in [0.15, 0.2) is 5.69 Å². The Morgan fingerprint density at radius 2 is 2.32 bits per heavy atom. The first kappa shape index (κ1) is 12.0. The van der Waals surface area contributed by atoms with Gasteiger partial charge in [-0.1, -0.05) is 0 Å². The van der Waals surface area contributed by atoms with E-state index in [-0.39, 0.29) is 5.91 Å². The van der Waals surface area contributed by atoms with Crippen LogP contribution in [0.5, 0.6) is 0 Å². The fourth-order valence-electron chi connectivity index (χ4n) is 2.51. The highest BCUT2D eigenvalue weighted by Crippen LogP contribution is 2.21. The number of hydrogen-bond acceptors (Lipinski definition) is 3. The van der Waals surface area contributed by atoms with Gasteiger partial charge in [-0.15, -0.1) is 0 Å². The fraction of sp³-hybridized carbons (Fsp3) is 0.429. The van der Waals surface area contributed by atoms with Gasteiger partial charge in [0, 0.05) is 24.2 Å². The summed E-state index contributed by atoms with van der Waals surface area (Å²) in [5.41, 5.74) is 2.79. The number of carbonyl (C=O) groups excluding carboxylic acids is 1. The standard InChI is InChI=1S/C14H17N3O2/c18-14(15-8-7-10-4-3-9-19-10)13-11-5-1-2-6-12(11)16-17-13/h3-4,9H,1-2,5-8H2,(H,15,18)(H,16,17). The highest BCUT2D eigenvalue weighted by atomic mass is 16.3. The average Bonchev–Trinajstić information content (AvgIpc) is 3.07. The molecule has 0 fully saturated rings. The van der Waals surface area contributed by atoms with Crippen molar-refractivity contribution in [1.29, 1.82) is 0 Å². The van der Waals surface area contributed by atoms with Gasteiger partial charge in [-0.25, -0.2) is 0 Å². The second-order valence-electron chi connectivity index (χ2n) is 4.82. The highest BCUT2D eigenvalue weighted by Gasteiger charge is 2.21. The van der Waals surface area contributed by atoms with Gasteiger partial charge in [0.1, 0.15) is 5.76 Å². The molecule has 100 valence electrons. The second-order valence-corrected chi connectivity index (χ2v) is 4.82. The number of nitrogens with one attached hydrogen (secondary N) is 2. The number of H-pyrrole nitrogens is 1. The van der Waals surface area contributed by atoms with E-state index >= 15 is 0 Å². The first-order valence-electron chi connectivity index (χ1n) is 6.71. The summed E-state index contributed by atoms with van der Waals surface area (Å²) in [7, 11) is 0. The van der Waals surface area contributed by atoms with Gasteiger partial charge in [-0.05, 0) is 37.8 Å². The van der Waals surface area contributed by atoms with Gasteiger partial charge in [-0.2, -0.15) is 5.10 Å². The summed E-state index contributed by atoms with van der Waals surface area (Å²) < 4.78 is 5.22. The number of aryl methyl sites for hydroxylation is 1. The molecule has 0 atom stereocenters. The molecule has 0 aliphatic heterocycles. The van der Waals surface area contributed by atoms with Gasteiger partial charge in [0.05, 0.1) is 6.26 Å². The smallest absolute Gasteiger partial charge is 0.272 e. The molecule has 2 N–H and O–H groups in total. The van der Waals surface area contributed by atoms with Crippen LogP contribution in [-0.2, 0) is 19.3 Å². The summed E-state index contributed by atoms with van der Waals surface area (Å²) in [6, 6.07) is 3.75. The maximum atomic E-state index is 12.1. The Kier molecular flexibility index (Phi) is 3.35. The minimum atomic E-state index is -0.0917. The number of aromatic amines is 1. The molecule has 2 heterocycles. The van der Waals surface area contributed by atoms with Crippen molar-refractivity contribution in [2.24, 2.45) is 0 Å². The van der Waals surface area contributed by atoms with Crippen LogP contribution < -0.4 is 5.32 Å². The lowest BCUT2D eigenvalue weighted by atomic mass is 9.96. The highest BCUT2D eigenvalue weighted by molar-refractivity contribution is 5.94. The third-order valence-electron chi connectivity index (χ3n) is 3.51. The molecule has 2 aromatic heterocycles. The lowest BCUT2D eigenvalue weighted by Gasteiger charge is -2.10. The number of carbonyl (C=O) groups is 1. The molecule has 2 aromatic rings. The number of rotatable bonds is 4. The maximum absolute atomic E-state index is 12.1. The third kappa shape index (κ3) is 2.54. The normalized spacial score (nSPS) is 14.1. The van der Waals surface area contributed by atoms with Gasteiger partial charge in [-0.3, -0.25) is 9.89 Å². The van der Waals surface area contributed by atoms with Gasteiger partial charge >= 0.3 is 0 Å². The molecule has 1 aliphatic rings. The number of hydrogen-bond donors (Lipinski definition) is 2. The van der Waals surface area contributed by atoms with Crippen LogP contribution in [0.4, 0.5) is 0 Å². The second kappa shape index (κ2) is 5.30. The fourth-order valence-corrected chi connectivity index (χ4v) is 2.51. The van der Waals surface area contributed by atoms with E-state index < -0.39 is 0 Å². The summed E-state index contributed by atoms with van der Waals surface area (Å²) in [6.07, 6.45) is 6.61. The van der Waals surface area contributed by atoms with Crippen molar-refractivity contribution < 1.29 is 9.21 Å². The first-order valence-corrected chi connectivity index (χ1v) is 6.71. The van der Waals surface area contributed by atoms with E-state index in [0.29, 0.717) is 18.7 Å². The molecular weight excluding hydrogens is 242 g/mol. The van der Waals surface area contributed by atoms with Crippen molar-refractivity contribution in [3.8, 4) is 0 Å². The molecule has 3 rings (SSSR count). The molecule has 1 aliphatic carbocycles. The number of aromatic nitrogens is 2. The predicted octanol–water partition coefficient (Wildman–Crippen LogP) is 1.85. The molecule has 0 aromatic carbocycles. The van der Waals surface area contributed by atoms with E-state index in [1.54, 1.807) is 6.26 Å². The first-order chi connectivity index (χ1) is 9.34. The van der Waals surface area contributed by atoms with E-state index in [2.05, 4.69) is 15.5 Å². The zero-order valence-corrected chi connectivity index (χ0v) is 10.7. The zero-order valence-electron chi connectivity index (χ0n) is 10.7. The molecule has 0 bridgehead atoms. The quantitative estimate of drug-likeness (QED) is 0.880. The van der Waals surface area contributed by atoms with Crippen LogP contribution in [0.15, 0.2) is 22.8 Å². The van der Waals surface area contributed by atoms with Crippen LogP contribution in [0.2, 0.25) is 0 Å². The Bertz CT molecular complexity index is 557. The lowest BCUT2D eigenvalue weighted by Crippen LogP contribution is -2.27. The van der Waals surface area contributed by atoms with E-state index in [1.807, 2.05) is 12.1 Å². The molecule has 19 heavy (non-hydrogen) atoms. The Balaban J connectivity index is 1.59. The molecule has 5 nitrogen and oxygen atoms in total. The van der Waals surface area contributed by atoms with Gasteiger partial charge in [0.2, 0.25) is 0 Å². The van der Waals surface area contributed by atoms with E-state index in [1.165, 1.54) is 6.42 Å². The van der Waals surface area contributed by atoms with Crippen molar-refractivity contribution in [1.82, 2.24) is 15.5 Å². The van der Waals surface area contributed by atoms with Crippen molar-refractivity contribution in [3.05, 3.63) is 41.1 Å². The van der Waals surface area contributed by atoms with Crippen LogP contribution in [0, 0.1) is 0 Å². The Labute approximate surface area is 111 Å². The summed E-state index contributed by atoms with van der Waals surface area (Å²) >= 11 is 0. The van der Waals surface area contributed by atoms with Crippen molar-refractivity contribution >= 4 is 5.91 Å². The van der Waals surface area contributed by atoms with E-state index in [9.17, 15) is 4.79 Å². The van der Waals surface area contributed by atoms with E-state index in [0.717, 1.165) is 36.3 Å². The molecule has 0 unspecified atom stereocenters. The van der Waals surface area contributed by atoms with Crippen LogP contribution in [-0.4, -0.2) is 22.6 Å². The molecule has 5 heteroatoms. The van der Waals surface area contributed by atoms with Crippen molar-refractivity contribution in [3.63, 3.8) is 0 Å². The summed E-state index contributed by atoms with van der Waals surface area (Å²) in [6.45, 7) is 0.563. The number of amides is 1. The number of fused-ring (bicyclic) bond motifs is 1. The molecule has 0 saturated carbocycles. The Morgan fingerprint density at radius 1 is 1.42 bits per heavy atom. The Morgan fingerprint density at radius 3 is 3.16 bits per heavy atom. The summed E-state index contributed by atoms with van der Waals surface area (Å²) in [4.78, 5) is 12.1. The van der Waals surface area contributed by atoms with E-state index in [4.69, 9.17) is 4.42 Å². The Hall–Kier alpha value is -2.04. The number of furan rings is 1. The topological polar surface area (TPSA) is 70.9 Å². The van der Waals surface area contributed by atoms with Gasteiger partial charge < -0.3 is 9.73 Å². The van der Waals surface area contributed by atoms with Gasteiger partial charge in [0.25, 0.3) is 5.91 Å². The molecule has 0 radical (unpaired) electrons. The largest absolute Gasteiger partial charge is 0.469 e.